The number of hydrogen-bond donors (Lipinski definition) is 0. The molecule has 1 unspecified atom stereocenters. The summed E-state index contributed by atoms with van der Waals surface area (Å²) in [6.07, 6.45) is 8.49. The van der Waals surface area contributed by atoms with Gasteiger partial charge in [0.2, 0.25) is 0 Å². The number of fused-ring (bicyclic) bond motifs is 3. The lowest BCUT2D eigenvalue weighted by Gasteiger charge is -2.27. The van der Waals surface area contributed by atoms with Gasteiger partial charge >= 0.3 is 0 Å². The van der Waals surface area contributed by atoms with E-state index in [1.807, 2.05) is 42.7 Å². The number of carbonyl (C=O) groups is 1. The number of benzene rings is 3. The molecule has 0 fully saturated rings. The predicted octanol–water partition coefficient (Wildman–Crippen LogP) is 7.04. The summed E-state index contributed by atoms with van der Waals surface area (Å²) in [5, 5.41) is 0. The van der Waals surface area contributed by atoms with E-state index in [1.165, 1.54) is 33.4 Å². The molecule has 0 aliphatic heterocycles. The lowest BCUT2D eigenvalue weighted by Crippen LogP contribution is -2.14. The zero-order chi connectivity index (χ0) is 24.3. The standard InChI is InChI=1S/C33H26N2O/c36-32(20-24-8-6-18-35-22-24)26-15-13-25(14-16-26)31(19-23-7-5-17-34-21-23)33-29-11-3-1-9-27(29)28-10-2-4-12-30(28)33/h1-18,21-22,31,33H,19-20H2. The number of Topliss-reactive ketones (excluding diaryl/α,β-unsaturated/α-hetero) is 1. The van der Waals surface area contributed by atoms with Crippen LogP contribution in [-0.4, -0.2) is 15.8 Å². The molecular formula is C33H26N2O. The van der Waals surface area contributed by atoms with Gasteiger partial charge in [0.15, 0.2) is 5.78 Å². The number of rotatable bonds is 7. The smallest absolute Gasteiger partial charge is 0.167 e. The first-order chi connectivity index (χ1) is 17.8. The Morgan fingerprint density at radius 3 is 1.83 bits per heavy atom. The highest BCUT2D eigenvalue weighted by Gasteiger charge is 2.35. The molecular weight excluding hydrogens is 440 g/mol. The Morgan fingerprint density at radius 1 is 0.667 bits per heavy atom. The average Bonchev–Trinajstić information content (AvgIpc) is 3.27. The van der Waals surface area contributed by atoms with Gasteiger partial charge in [0, 0.05) is 42.7 Å². The van der Waals surface area contributed by atoms with Gasteiger partial charge in [-0.25, -0.2) is 0 Å². The third-order valence-electron chi connectivity index (χ3n) is 7.21. The number of carbonyl (C=O) groups excluding carboxylic acids is 1. The second kappa shape index (κ2) is 9.71. The van der Waals surface area contributed by atoms with Gasteiger partial charge in [-0.2, -0.15) is 0 Å². The van der Waals surface area contributed by atoms with Crippen LogP contribution in [0.25, 0.3) is 11.1 Å². The summed E-state index contributed by atoms with van der Waals surface area (Å²) < 4.78 is 0. The molecule has 174 valence electrons. The summed E-state index contributed by atoms with van der Waals surface area (Å²) in [7, 11) is 0. The van der Waals surface area contributed by atoms with Crippen LogP contribution in [0.5, 0.6) is 0 Å². The molecule has 0 amide bonds. The summed E-state index contributed by atoms with van der Waals surface area (Å²) in [5.74, 6) is 0.547. The van der Waals surface area contributed by atoms with Gasteiger partial charge in [0.1, 0.15) is 0 Å². The molecule has 2 heterocycles. The van der Waals surface area contributed by atoms with Crippen LogP contribution in [0.3, 0.4) is 0 Å². The summed E-state index contributed by atoms with van der Waals surface area (Å²) in [6, 6.07) is 33.7. The molecule has 0 saturated heterocycles. The van der Waals surface area contributed by atoms with Crippen molar-refractivity contribution < 1.29 is 4.79 Å². The van der Waals surface area contributed by atoms with Crippen LogP contribution in [0.1, 0.15) is 50.0 Å². The maximum atomic E-state index is 12.9. The van der Waals surface area contributed by atoms with Crippen LogP contribution in [0.15, 0.2) is 122 Å². The molecule has 0 bridgehead atoms. The van der Waals surface area contributed by atoms with Crippen molar-refractivity contribution in [2.75, 3.05) is 0 Å². The van der Waals surface area contributed by atoms with Crippen molar-refractivity contribution in [3.63, 3.8) is 0 Å². The normalized spacial score (nSPS) is 13.1. The van der Waals surface area contributed by atoms with Gasteiger partial charge in [-0.15, -0.1) is 0 Å². The Hall–Kier alpha value is -4.37. The molecule has 1 aliphatic carbocycles. The number of aromatic nitrogens is 2. The van der Waals surface area contributed by atoms with E-state index in [-0.39, 0.29) is 17.6 Å². The zero-order valence-corrected chi connectivity index (χ0v) is 19.9. The van der Waals surface area contributed by atoms with E-state index >= 15 is 0 Å². The summed E-state index contributed by atoms with van der Waals surface area (Å²) in [6.45, 7) is 0. The highest BCUT2D eigenvalue weighted by atomic mass is 16.1. The SMILES string of the molecule is O=C(Cc1cccnc1)c1ccc(C(Cc2cccnc2)C2c3ccccc3-c3ccccc32)cc1. The molecule has 0 radical (unpaired) electrons. The number of hydrogen-bond acceptors (Lipinski definition) is 3. The predicted molar refractivity (Wildman–Crippen MR) is 143 cm³/mol. The molecule has 1 atom stereocenters. The maximum absolute atomic E-state index is 12.9. The van der Waals surface area contributed by atoms with E-state index < -0.39 is 0 Å². The molecule has 3 aromatic carbocycles. The van der Waals surface area contributed by atoms with E-state index in [0.29, 0.717) is 6.42 Å². The van der Waals surface area contributed by atoms with Crippen LogP contribution in [0.2, 0.25) is 0 Å². The van der Waals surface area contributed by atoms with Crippen molar-refractivity contribution in [1.29, 1.82) is 0 Å². The third kappa shape index (κ3) is 4.25. The van der Waals surface area contributed by atoms with Crippen molar-refractivity contribution in [2.24, 2.45) is 0 Å². The Bertz CT molecular complexity index is 1450. The number of ketones is 1. The Labute approximate surface area is 211 Å². The van der Waals surface area contributed by atoms with Gasteiger partial charge in [-0.05, 0) is 63.4 Å². The minimum atomic E-state index is 0.106. The van der Waals surface area contributed by atoms with Crippen molar-refractivity contribution >= 4 is 5.78 Å². The van der Waals surface area contributed by atoms with Gasteiger partial charge < -0.3 is 0 Å². The van der Waals surface area contributed by atoms with Crippen LogP contribution >= 0.6 is 0 Å². The van der Waals surface area contributed by atoms with E-state index in [0.717, 1.165) is 17.5 Å². The highest BCUT2D eigenvalue weighted by molar-refractivity contribution is 5.97. The minimum absolute atomic E-state index is 0.106. The molecule has 0 spiro atoms. The van der Waals surface area contributed by atoms with Crippen LogP contribution in [0.4, 0.5) is 0 Å². The highest BCUT2D eigenvalue weighted by Crippen LogP contribution is 2.51. The van der Waals surface area contributed by atoms with Crippen LogP contribution in [-0.2, 0) is 12.8 Å². The zero-order valence-electron chi connectivity index (χ0n) is 19.9. The Kier molecular flexibility index (Phi) is 5.96. The average molecular weight is 467 g/mol. The molecule has 1 aliphatic rings. The van der Waals surface area contributed by atoms with Crippen molar-refractivity contribution in [3.05, 3.63) is 155 Å². The molecule has 0 saturated carbocycles. The monoisotopic (exact) mass is 466 g/mol. The van der Waals surface area contributed by atoms with Gasteiger partial charge in [0.25, 0.3) is 0 Å². The molecule has 6 rings (SSSR count). The van der Waals surface area contributed by atoms with Gasteiger partial charge in [-0.1, -0.05) is 84.9 Å². The fourth-order valence-electron chi connectivity index (χ4n) is 5.54. The van der Waals surface area contributed by atoms with Gasteiger partial charge in [0.05, 0.1) is 0 Å². The van der Waals surface area contributed by atoms with E-state index in [1.54, 1.807) is 12.4 Å². The second-order valence-corrected chi connectivity index (χ2v) is 9.41. The summed E-state index contributed by atoms with van der Waals surface area (Å²) in [4.78, 5) is 21.4. The minimum Gasteiger partial charge on any atom is -0.294 e. The molecule has 2 aromatic heterocycles. The first kappa shape index (κ1) is 22.1. The van der Waals surface area contributed by atoms with E-state index in [4.69, 9.17) is 0 Å². The van der Waals surface area contributed by atoms with Crippen molar-refractivity contribution in [1.82, 2.24) is 9.97 Å². The lowest BCUT2D eigenvalue weighted by atomic mass is 9.76. The molecule has 0 N–H and O–H groups in total. The lowest BCUT2D eigenvalue weighted by molar-refractivity contribution is 0.0993. The summed E-state index contributed by atoms with van der Waals surface area (Å²) in [5.41, 5.74) is 9.47. The van der Waals surface area contributed by atoms with E-state index in [2.05, 4.69) is 76.7 Å². The topological polar surface area (TPSA) is 42.9 Å². The van der Waals surface area contributed by atoms with Crippen molar-refractivity contribution in [2.45, 2.75) is 24.7 Å². The fourth-order valence-corrected chi connectivity index (χ4v) is 5.54. The first-order valence-corrected chi connectivity index (χ1v) is 12.4. The number of nitrogens with zero attached hydrogens (tertiary/aromatic N) is 2. The Balaban J connectivity index is 1.38. The largest absolute Gasteiger partial charge is 0.294 e. The fraction of sp³-hybridized carbons (Fsp3) is 0.121. The third-order valence-corrected chi connectivity index (χ3v) is 7.21. The Morgan fingerprint density at radius 2 is 1.25 bits per heavy atom. The molecule has 3 nitrogen and oxygen atoms in total. The molecule has 36 heavy (non-hydrogen) atoms. The number of pyridine rings is 2. The second-order valence-electron chi connectivity index (χ2n) is 9.41. The van der Waals surface area contributed by atoms with Gasteiger partial charge in [-0.3, -0.25) is 14.8 Å². The maximum Gasteiger partial charge on any atom is 0.167 e. The molecule has 3 heteroatoms. The first-order valence-electron chi connectivity index (χ1n) is 12.4. The quantitative estimate of drug-likeness (QED) is 0.242. The van der Waals surface area contributed by atoms with Crippen LogP contribution < -0.4 is 0 Å². The van der Waals surface area contributed by atoms with E-state index in [9.17, 15) is 4.79 Å². The molecule has 5 aromatic rings. The summed E-state index contributed by atoms with van der Waals surface area (Å²) >= 11 is 0. The van der Waals surface area contributed by atoms with Crippen LogP contribution in [0, 0.1) is 0 Å². The van der Waals surface area contributed by atoms with Crippen molar-refractivity contribution in [3.8, 4) is 11.1 Å².